The van der Waals surface area contributed by atoms with E-state index in [9.17, 15) is 4.39 Å². The Balaban J connectivity index is 1.92. The molecule has 0 spiro atoms. The first kappa shape index (κ1) is 13.7. The molecule has 0 aliphatic carbocycles. The van der Waals surface area contributed by atoms with Crippen LogP contribution in [-0.4, -0.2) is 29.7 Å². The Kier molecular flexibility index (Phi) is 3.20. The normalized spacial score (nSPS) is 17.0. The number of ether oxygens (including phenoxy) is 2. The van der Waals surface area contributed by atoms with Gasteiger partial charge in [-0.05, 0) is 24.3 Å². The van der Waals surface area contributed by atoms with Gasteiger partial charge in [-0.2, -0.15) is 4.58 Å². The van der Waals surface area contributed by atoms with Crippen molar-refractivity contribution in [1.29, 1.82) is 0 Å². The molecule has 1 aliphatic heterocycles. The van der Waals surface area contributed by atoms with Crippen molar-refractivity contribution in [2.75, 3.05) is 13.7 Å². The first-order valence-electron chi connectivity index (χ1n) is 6.72. The van der Waals surface area contributed by atoms with E-state index >= 15 is 0 Å². The highest BCUT2D eigenvalue weighted by atomic mass is 19.1. The summed E-state index contributed by atoms with van der Waals surface area (Å²) >= 11 is 0. The van der Waals surface area contributed by atoms with Crippen LogP contribution in [0.1, 0.15) is 19.6 Å². The molecule has 4 nitrogen and oxygen atoms in total. The molecule has 0 saturated carbocycles. The van der Waals surface area contributed by atoms with Gasteiger partial charge in [-0.3, -0.25) is 0 Å². The molecule has 0 fully saturated rings. The summed E-state index contributed by atoms with van der Waals surface area (Å²) in [4.78, 5) is 0. The third kappa shape index (κ3) is 2.51. The van der Waals surface area contributed by atoms with Crippen molar-refractivity contribution < 1.29 is 22.9 Å². The zero-order chi connectivity index (χ0) is 15.0. The highest BCUT2D eigenvalue weighted by Gasteiger charge is 2.42. The molecular formula is C16H17FNO3+. The Morgan fingerprint density at radius 2 is 1.90 bits per heavy atom. The summed E-state index contributed by atoms with van der Waals surface area (Å²) in [6.07, 6.45) is 1.55. The lowest BCUT2D eigenvalue weighted by atomic mass is 10.1. The van der Waals surface area contributed by atoms with Crippen LogP contribution in [0.5, 0.6) is 11.5 Å². The van der Waals surface area contributed by atoms with Gasteiger partial charge in [0.15, 0.2) is 17.9 Å². The highest BCUT2D eigenvalue weighted by molar-refractivity contribution is 5.91. The predicted molar refractivity (Wildman–Crippen MR) is 75.5 cm³/mol. The van der Waals surface area contributed by atoms with Gasteiger partial charge in [0.1, 0.15) is 18.6 Å². The van der Waals surface area contributed by atoms with Crippen molar-refractivity contribution in [3.05, 3.63) is 48.2 Å². The van der Waals surface area contributed by atoms with E-state index in [0.29, 0.717) is 29.8 Å². The first-order chi connectivity index (χ1) is 9.97. The van der Waals surface area contributed by atoms with E-state index in [1.807, 2.05) is 11.6 Å². The molecule has 0 radical (unpaired) electrons. The fraction of sp³-hybridized carbons (Fsp3) is 0.312. The number of hydrogen-bond donors (Lipinski definition) is 0. The average Bonchev–Trinajstić information content (AvgIpc) is 2.99. The molecule has 0 saturated heterocycles. The van der Waals surface area contributed by atoms with Gasteiger partial charge in [-0.25, -0.2) is 4.39 Å². The van der Waals surface area contributed by atoms with Gasteiger partial charge in [0.2, 0.25) is 0 Å². The Bertz CT molecular complexity index is 686. The lowest BCUT2D eigenvalue weighted by molar-refractivity contribution is -0.562. The summed E-state index contributed by atoms with van der Waals surface area (Å²) in [6.45, 7) is 4.75. The Morgan fingerprint density at radius 3 is 2.52 bits per heavy atom. The van der Waals surface area contributed by atoms with Crippen molar-refractivity contribution in [1.82, 2.24) is 0 Å². The second-order valence-electron chi connectivity index (χ2n) is 5.64. The van der Waals surface area contributed by atoms with Crippen molar-refractivity contribution in [3.63, 3.8) is 0 Å². The Labute approximate surface area is 122 Å². The van der Waals surface area contributed by atoms with Crippen molar-refractivity contribution in [2.24, 2.45) is 0 Å². The van der Waals surface area contributed by atoms with Crippen LogP contribution in [0, 0.1) is 5.82 Å². The van der Waals surface area contributed by atoms with Crippen LogP contribution < -0.4 is 4.74 Å². The number of likely N-dealkylation sites (N-methyl/N-ethyl adjacent to an activating group) is 1. The number of rotatable bonds is 3. The number of furan rings is 1. The zero-order valence-electron chi connectivity index (χ0n) is 12.2. The lowest BCUT2D eigenvalue weighted by Gasteiger charge is -2.09. The van der Waals surface area contributed by atoms with Crippen LogP contribution in [-0.2, 0) is 4.74 Å². The van der Waals surface area contributed by atoms with Gasteiger partial charge in [0.05, 0.1) is 6.26 Å². The molecule has 1 aromatic carbocycles. The number of halogens is 1. The summed E-state index contributed by atoms with van der Waals surface area (Å²) in [7, 11) is 1.95. The monoisotopic (exact) mass is 290 g/mol. The number of hydrogen-bond acceptors (Lipinski definition) is 3. The SMILES string of the molecule is C[N+]1=C(c2occc2Oc2ccc(F)cc2)OCC1(C)C. The number of benzene rings is 1. The maximum absolute atomic E-state index is 12.9. The van der Waals surface area contributed by atoms with Crippen LogP contribution in [0.25, 0.3) is 0 Å². The molecule has 110 valence electrons. The van der Waals surface area contributed by atoms with Gasteiger partial charge in [-0.1, -0.05) is 0 Å². The molecule has 5 heteroatoms. The summed E-state index contributed by atoms with van der Waals surface area (Å²) in [5.41, 5.74) is -0.102. The van der Waals surface area contributed by atoms with E-state index in [1.165, 1.54) is 12.1 Å². The molecule has 0 unspecified atom stereocenters. The minimum atomic E-state index is -0.301. The van der Waals surface area contributed by atoms with Crippen LogP contribution in [0.2, 0.25) is 0 Å². The summed E-state index contributed by atoms with van der Waals surface area (Å²) < 4.78 is 31.9. The molecule has 0 amide bonds. The first-order valence-corrected chi connectivity index (χ1v) is 6.72. The van der Waals surface area contributed by atoms with Crippen LogP contribution in [0.15, 0.2) is 41.0 Å². The standard InChI is InChI=1S/C16H17FNO3/c1-16(2)10-20-15(18(16)3)14-13(8-9-19-14)21-12-6-4-11(17)5-7-12/h4-9H,10H2,1-3H3/q+1. The molecule has 21 heavy (non-hydrogen) atoms. The van der Waals surface area contributed by atoms with E-state index in [-0.39, 0.29) is 11.4 Å². The minimum absolute atomic E-state index is 0.102. The Hall–Kier alpha value is -2.30. The second kappa shape index (κ2) is 4.91. The van der Waals surface area contributed by atoms with E-state index in [2.05, 4.69) is 13.8 Å². The van der Waals surface area contributed by atoms with Gasteiger partial charge < -0.3 is 13.9 Å². The maximum atomic E-state index is 12.9. The highest BCUT2D eigenvalue weighted by Crippen LogP contribution is 2.30. The van der Waals surface area contributed by atoms with Crippen LogP contribution in [0.4, 0.5) is 4.39 Å². The molecule has 3 rings (SSSR count). The second-order valence-corrected chi connectivity index (χ2v) is 5.64. The molecule has 2 aromatic rings. The van der Waals surface area contributed by atoms with E-state index in [4.69, 9.17) is 13.9 Å². The van der Waals surface area contributed by atoms with Gasteiger partial charge in [0, 0.05) is 19.9 Å². The fourth-order valence-electron chi connectivity index (χ4n) is 2.09. The van der Waals surface area contributed by atoms with Crippen molar-refractivity contribution in [2.45, 2.75) is 19.4 Å². The van der Waals surface area contributed by atoms with E-state index in [0.717, 1.165) is 0 Å². The lowest BCUT2D eigenvalue weighted by Crippen LogP contribution is -2.33. The maximum Gasteiger partial charge on any atom is 0.411 e. The quantitative estimate of drug-likeness (QED) is 0.812. The molecule has 0 N–H and O–H groups in total. The smallest absolute Gasteiger partial charge is 0.411 e. The largest absolute Gasteiger partial charge is 0.453 e. The van der Waals surface area contributed by atoms with Crippen molar-refractivity contribution >= 4 is 5.90 Å². The van der Waals surface area contributed by atoms with Crippen LogP contribution >= 0.6 is 0 Å². The van der Waals surface area contributed by atoms with Gasteiger partial charge >= 0.3 is 5.90 Å². The average molecular weight is 290 g/mol. The predicted octanol–water partition coefficient (Wildman–Crippen LogP) is 3.41. The summed E-state index contributed by atoms with van der Waals surface area (Å²) in [5.74, 6) is 1.96. The minimum Gasteiger partial charge on any atom is -0.453 e. The fourth-order valence-corrected chi connectivity index (χ4v) is 2.09. The summed E-state index contributed by atoms with van der Waals surface area (Å²) in [6, 6.07) is 7.56. The third-order valence-electron chi connectivity index (χ3n) is 3.64. The third-order valence-corrected chi connectivity index (χ3v) is 3.64. The molecule has 1 aromatic heterocycles. The van der Waals surface area contributed by atoms with E-state index < -0.39 is 0 Å². The van der Waals surface area contributed by atoms with E-state index in [1.54, 1.807) is 24.5 Å². The topological polar surface area (TPSA) is 34.6 Å². The zero-order valence-corrected chi connectivity index (χ0v) is 12.2. The molecule has 1 aliphatic rings. The van der Waals surface area contributed by atoms with Gasteiger partial charge in [-0.15, -0.1) is 0 Å². The molecule has 0 atom stereocenters. The molecular weight excluding hydrogens is 273 g/mol. The molecule has 2 heterocycles. The Morgan fingerprint density at radius 1 is 1.19 bits per heavy atom. The van der Waals surface area contributed by atoms with Crippen molar-refractivity contribution in [3.8, 4) is 11.5 Å². The van der Waals surface area contributed by atoms with Crippen LogP contribution in [0.3, 0.4) is 0 Å². The summed E-state index contributed by atoms with van der Waals surface area (Å²) in [5, 5.41) is 0. The molecule has 0 bridgehead atoms. The van der Waals surface area contributed by atoms with Gasteiger partial charge in [0.25, 0.3) is 5.76 Å². The number of nitrogens with zero attached hydrogens (tertiary/aromatic N) is 1.